The first-order valence-corrected chi connectivity index (χ1v) is 8.92. The molecule has 6 heteroatoms. The van der Waals surface area contributed by atoms with E-state index in [4.69, 9.17) is 0 Å². The molecule has 1 N–H and O–H groups in total. The highest BCUT2D eigenvalue weighted by molar-refractivity contribution is 5.92. The summed E-state index contributed by atoms with van der Waals surface area (Å²) in [5.41, 5.74) is 4.37. The first kappa shape index (κ1) is 17.9. The second-order valence-corrected chi connectivity index (χ2v) is 6.56. The maximum absolute atomic E-state index is 12.9. The molecule has 1 aromatic carbocycles. The molecule has 0 radical (unpaired) electrons. The quantitative estimate of drug-likeness (QED) is 0.738. The molecular weight excluding hydrogens is 326 g/mol. The number of aromatic nitrogens is 4. The highest BCUT2D eigenvalue weighted by atomic mass is 16.2. The van der Waals surface area contributed by atoms with Gasteiger partial charge in [0.25, 0.3) is 5.91 Å². The van der Waals surface area contributed by atoms with Crippen LogP contribution in [0.4, 0.5) is 0 Å². The Morgan fingerprint density at radius 2 is 2.00 bits per heavy atom. The topological polar surface area (TPSA) is 66.8 Å². The number of rotatable bonds is 6. The Hall–Kier alpha value is -2.89. The van der Waals surface area contributed by atoms with E-state index >= 15 is 0 Å². The zero-order valence-corrected chi connectivity index (χ0v) is 15.7. The van der Waals surface area contributed by atoms with Crippen molar-refractivity contribution in [3.8, 4) is 11.3 Å². The highest BCUT2D eigenvalue weighted by Gasteiger charge is 2.23. The lowest BCUT2D eigenvalue weighted by Crippen LogP contribution is -2.31. The van der Waals surface area contributed by atoms with Gasteiger partial charge < -0.3 is 4.90 Å². The Morgan fingerprint density at radius 1 is 1.27 bits per heavy atom. The summed E-state index contributed by atoms with van der Waals surface area (Å²) < 4.78 is 1.67. The number of hydrogen-bond acceptors (Lipinski definition) is 3. The molecule has 0 spiro atoms. The first-order valence-electron chi connectivity index (χ1n) is 8.92. The summed E-state index contributed by atoms with van der Waals surface area (Å²) in [6.45, 7) is 4.09. The van der Waals surface area contributed by atoms with Gasteiger partial charge in [-0.2, -0.15) is 10.2 Å². The van der Waals surface area contributed by atoms with Crippen molar-refractivity contribution in [3.63, 3.8) is 0 Å². The van der Waals surface area contributed by atoms with Crippen molar-refractivity contribution in [2.24, 2.45) is 7.05 Å². The number of H-pyrrole nitrogens is 1. The van der Waals surface area contributed by atoms with E-state index in [0.29, 0.717) is 5.69 Å². The molecule has 3 rings (SSSR count). The van der Waals surface area contributed by atoms with Crippen LogP contribution in [0.15, 0.2) is 42.5 Å². The van der Waals surface area contributed by atoms with E-state index in [0.717, 1.165) is 35.5 Å². The van der Waals surface area contributed by atoms with Crippen LogP contribution < -0.4 is 0 Å². The van der Waals surface area contributed by atoms with Gasteiger partial charge in [0.15, 0.2) is 0 Å². The Kier molecular flexibility index (Phi) is 5.21. The van der Waals surface area contributed by atoms with Gasteiger partial charge >= 0.3 is 0 Å². The SMILES string of the molecule is CCCc1cc(C(=O)N(C)[C@@H](C)c2cc(-c3ccccc3)n[nH]2)n(C)n1. The van der Waals surface area contributed by atoms with E-state index < -0.39 is 0 Å². The van der Waals surface area contributed by atoms with Gasteiger partial charge in [-0.3, -0.25) is 14.6 Å². The van der Waals surface area contributed by atoms with E-state index in [1.165, 1.54) is 0 Å². The zero-order chi connectivity index (χ0) is 18.7. The highest BCUT2D eigenvalue weighted by Crippen LogP contribution is 2.24. The van der Waals surface area contributed by atoms with E-state index in [-0.39, 0.29) is 11.9 Å². The average Bonchev–Trinajstić information content (AvgIpc) is 3.28. The summed E-state index contributed by atoms with van der Waals surface area (Å²) in [5, 5.41) is 11.9. The Labute approximate surface area is 153 Å². The number of carbonyl (C=O) groups is 1. The van der Waals surface area contributed by atoms with Crippen LogP contribution in [-0.4, -0.2) is 37.8 Å². The van der Waals surface area contributed by atoms with Crippen molar-refractivity contribution in [2.45, 2.75) is 32.7 Å². The summed E-state index contributed by atoms with van der Waals surface area (Å²) in [4.78, 5) is 14.6. The summed E-state index contributed by atoms with van der Waals surface area (Å²) >= 11 is 0. The number of nitrogens with one attached hydrogen (secondary N) is 1. The third kappa shape index (κ3) is 3.54. The lowest BCUT2D eigenvalue weighted by atomic mass is 10.1. The molecule has 0 aliphatic rings. The lowest BCUT2D eigenvalue weighted by molar-refractivity contribution is 0.0728. The van der Waals surface area contributed by atoms with Gasteiger partial charge in [0.05, 0.1) is 23.1 Å². The molecule has 0 aliphatic carbocycles. The Morgan fingerprint density at radius 3 is 2.69 bits per heavy atom. The fraction of sp³-hybridized carbons (Fsp3) is 0.350. The van der Waals surface area contributed by atoms with E-state index in [1.54, 1.807) is 9.58 Å². The Bertz CT molecular complexity index is 881. The fourth-order valence-electron chi connectivity index (χ4n) is 2.98. The fourth-order valence-corrected chi connectivity index (χ4v) is 2.98. The molecule has 0 saturated heterocycles. The monoisotopic (exact) mass is 351 g/mol. The molecule has 6 nitrogen and oxygen atoms in total. The maximum atomic E-state index is 12.9. The van der Waals surface area contributed by atoms with Crippen LogP contribution in [0.5, 0.6) is 0 Å². The van der Waals surface area contributed by atoms with Gasteiger partial charge in [-0.1, -0.05) is 43.7 Å². The van der Waals surface area contributed by atoms with Crippen LogP contribution in [-0.2, 0) is 13.5 Å². The summed E-state index contributed by atoms with van der Waals surface area (Å²) in [6.07, 6.45) is 1.88. The lowest BCUT2D eigenvalue weighted by Gasteiger charge is -2.23. The zero-order valence-electron chi connectivity index (χ0n) is 15.7. The molecule has 2 aromatic heterocycles. The van der Waals surface area contributed by atoms with Gasteiger partial charge in [0.2, 0.25) is 0 Å². The molecule has 1 amide bonds. The van der Waals surface area contributed by atoms with Gasteiger partial charge in [0.1, 0.15) is 5.69 Å². The number of nitrogens with zero attached hydrogens (tertiary/aromatic N) is 4. The van der Waals surface area contributed by atoms with Crippen molar-refractivity contribution in [2.75, 3.05) is 7.05 Å². The molecule has 136 valence electrons. The molecule has 0 unspecified atom stereocenters. The molecule has 0 aliphatic heterocycles. The second kappa shape index (κ2) is 7.56. The summed E-state index contributed by atoms with van der Waals surface area (Å²) in [5.74, 6) is -0.0503. The molecule has 26 heavy (non-hydrogen) atoms. The largest absolute Gasteiger partial charge is 0.332 e. The number of amides is 1. The second-order valence-electron chi connectivity index (χ2n) is 6.56. The number of aryl methyl sites for hydroxylation is 2. The average molecular weight is 351 g/mol. The van der Waals surface area contributed by atoms with Gasteiger partial charge in [0, 0.05) is 19.7 Å². The third-order valence-corrected chi connectivity index (χ3v) is 4.67. The molecule has 2 heterocycles. The first-order chi connectivity index (χ1) is 12.5. The van der Waals surface area contributed by atoms with Crippen LogP contribution in [0.1, 0.15) is 48.2 Å². The minimum Gasteiger partial charge on any atom is -0.332 e. The predicted octanol–water partition coefficient (Wildman–Crippen LogP) is 3.60. The standard InChI is InChI=1S/C20H25N5O/c1-5-9-16-12-19(25(4)23-16)20(26)24(3)14(2)17-13-18(22-21-17)15-10-7-6-8-11-15/h6-8,10-14H,5,9H2,1-4H3,(H,21,22)/t14-/m0/s1. The van der Waals surface area contributed by atoms with Crippen LogP contribution >= 0.6 is 0 Å². The van der Waals surface area contributed by atoms with Crippen LogP contribution in [0.25, 0.3) is 11.3 Å². The van der Waals surface area contributed by atoms with Crippen molar-refractivity contribution in [3.05, 3.63) is 59.5 Å². The van der Waals surface area contributed by atoms with Crippen LogP contribution in [0.3, 0.4) is 0 Å². The predicted molar refractivity (Wildman–Crippen MR) is 102 cm³/mol. The van der Waals surface area contributed by atoms with Crippen molar-refractivity contribution < 1.29 is 4.79 Å². The van der Waals surface area contributed by atoms with E-state index in [1.807, 2.05) is 63.5 Å². The number of aromatic amines is 1. The Balaban J connectivity index is 1.78. The van der Waals surface area contributed by atoms with Gasteiger partial charge in [-0.05, 0) is 25.5 Å². The molecule has 0 saturated carbocycles. The summed E-state index contributed by atoms with van der Waals surface area (Å²) in [6, 6.07) is 13.7. The molecule has 1 atom stereocenters. The molecule has 0 bridgehead atoms. The van der Waals surface area contributed by atoms with Crippen molar-refractivity contribution in [1.82, 2.24) is 24.9 Å². The maximum Gasteiger partial charge on any atom is 0.272 e. The van der Waals surface area contributed by atoms with Gasteiger partial charge in [-0.15, -0.1) is 0 Å². The number of hydrogen-bond donors (Lipinski definition) is 1. The van der Waals surface area contributed by atoms with Gasteiger partial charge in [-0.25, -0.2) is 0 Å². The normalized spacial score (nSPS) is 12.2. The van der Waals surface area contributed by atoms with E-state index in [2.05, 4.69) is 22.2 Å². The number of benzene rings is 1. The smallest absolute Gasteiger partial charge is 0.272 e. The van der Waals surface area contributed by atoms with E-state index in [9.17, 15) is 4.79 Å². The van der Waals surface area contributed by atoms with Crippen molar-refractivity contribution in [1.29, 1.82) is 0 Å². The minimum atomic E-state index is -0.128. The third-order valence-electron chi connectivity index (χ3n) is 4.67. The minimum absolute atomic E-state index is 0.0503. The van der Waals surface area contributed by atoms with Crippen LogP contribution in [0, 0.1) is 0 Å². The summed E-state index contributed by atoms with van der Waals surface area (Å²) in [7, 11) is 3.62. The van der Waals surface area contributed by atoms with Crippen LogP contribution in [0.2, 0.25) is 0 Å². The molecule has 0 fully saturated rings. The molecule has 3 aromatic rings. The number of carbonyl (C=O) groups excluding carboxylic acids is 1. The van der Waals surface area contributed by atoms with Crippen molar-refractivity contribution >= 4 is 5.91 Å². The molecular formula is C20H25N5O.